The minimum absolute atomic E-state index is 0.0724. The maximum atomic E-state index is 12.6. The number of halogens is 1. The van der Waals surface area contributed by atoms with Crippen LogP contribution in [0.5, 0.6) is 0 Å². The summed E-state index contributed by atoms with van der Waals surface area (Å²) in [5, 5.41) is 7.48. The minimum atomic E-state index is -0.0763. The molecule has 0 radical (unpaired) electrons. The molecular weight excluding hydrogens is 356 g/mol. The van der Waals surface area contributed by atoms with E-state index in [4.69, 9.17) is 5.73 Å². The molecule has 1 aromatic carbocycles. The van der Waals surface area contributed by atoms with Gasteiger partial charge in [-0.25, -0.2) is 4.68 Å². The molecule has 122 valence electrons. The van der Waals surface area contributed by atoms with Crippen LogP contribution in [0.2, 0.25) is 0 Å². The average Bonchev–Trinajstić information content (AvgIpc) is 3.31. The van der Waals surface area contributed by atoms with Gasteiger partial charge in [0, 0.05) is 17.1 Å². The molecule has 1 atom stereocenters. The van der Waals surface area contributed by atoms with Crippen molar-refractivity contribution in [2.75, 3.05) is 6.54 Å². The third kappa shape index (κ3) is 3.48. The summed E-state index contributed by atoms with van der Waals surface area (Å²) in [6.07, 6.45) is 4.69. The van der Waals surface area contributed by atoms with Gasteiger partial charge in [-0.3, -0.25) is 4.79 Å². The molecule has 1 aliphatic carbocycles. The van der Waals surface area contributed by atoms with Crippen LogP contribution in [-0.4, -0.2) is 28.3 Å². The molecule has 1 amide bonds. The second-order valence-electron chi connectivity index (χ2n) is 5.90. The Labute approximate surface area is 144 Å². The van der Waals surface area contributed by atoms with Gasteiger partial charge in [0.1, 0.15) is 0 Å². The molecule has 1 saturated carbocycles. The van der Waals surface area contributed by atoms with Gasteiger partial charge in [-0.2, -0.15) is 5.10 Å². The van der Waals surface area contributed by atoms with Crippen LogP contribution in [-0.2, 0) is 6.42 Å². The number of nitrogens with zero attached hydrogens (tertiary/aromatic N) is 2. The van der Waals surface area contributed by atoms with Crippen molar-refractivity contribution in [2.24, 2.45) is 11.7 Å². The van der Waals surface area contributed by atoms with E-state index in [0.29, 0.717) is 18.0 Å². The second-order valence-corrected chi connectivity index (χ2v) is 6.82. The van der Waals surface area contributed by atoms with Crippen LogP contribution >= 0.6 is 15.9 Å². The first-order valence-corrected chi connectivity index (χ1v) is 8.77. The van der Waals surface area contributed by atoms with Crippen molar-refractivity contribution >= 4 is 21.8 Å². The van der Waals surface area contributed by atoms with Crippen molar-refractivity contribution in [1.29, 1.82) is 0 Å². The molecule has 1 aromatic heterocycles. The molecule has 3 N–H and O–H groups in total. The first-order valence-electron chi connectivity index (χ1n) is 7.97. The largest absolute Gasteiger partial charge is 0.348 e. The number of hydrogen-bond donors (Lipinski definition) is 2. The van der Waals surface area contributed by atoms with Crippen LogP contribution in [0.3, 0.4) is 0 Å². The van der Waals surface area contributed by atoms with Gasteiger partial charge in [0.05, 0.1) is 23.1 Å². The molecule has 1 fully saturated rings. The molecule has 6 heteroatoms. The molecule has 1 aliphatic rings. The number of carbonyl (C=O) groups excluding carboxylic acids is 1. The van der Waals surface area contributed by atoms with Gasteiger partial charge in [0.2, 0.25) is 0 Å². The van der Waals surface area contributed by atoms with Crippen molar-refractivity contribution in [3.05, 3.63) is 46.2 Å². The number of nitrogens with two attached hydrogens (primary N) is 1. The lowest BCUT2D eigenvalue weighted by molar-refractivity contribution is 0.0932. The summed E-state index contributed by atoms with van der Waals surface area (Å²) < 4.78 is 2.84. The van der Waals surface area contributed by atoms with Gasteiger partial charge in [0.15, 0.2) is 0 Å². The average molecular weight is 377 g/mol. The zero-order valence-electron chi connectivity index (χ0n) is 13.1. The smallest absolute Gasteiger partial charge is 0.255 e. The number of carbonyl (C=O) groups is 1. The first kappa shape index (κ1) is 16.2. The Hall–Kier alpha value is -1.66. The maximum absolute atomic E-state index is 12.6. The predicted molar refractivity (Wildman–Crippen MR) is 93.7 cm³/mol. The summed E-state index contributed by atoms with van der Waals surface area (Å²) in [5.41, 5.74) is 8.27. The Morgan fingerprint density at radius 2 is 2.13 bits per heavy atom. The summed E-state index contributed by atoms with van der Waals surface area (Å²) in [5.74, 6) is 0.461. The first-order chi connectivity index (χ1) is 11.1. The highest BCUT2D eigenvalue weighted by Gasteiger charge is 2.32. The van der Waals surface area contributed by atoms with Gasteiger partial charge in [0.25, 0.3) is 5.91 Å². The second kappa shape index (κ2) is 6.84. The van der Waals surface area contributed by atoms with Crippen molar-refractivity contribution in [3.8, 4) is 5.69 Å². The lowest BCUT2D eigenvalue weighted by atomic mass is 10.1. The molecule has 0 spiro atoms. The van der Waals surface area contributed by atoms with Crippen LogP contribution < -0.4 is 11.1 Å². The van der Waals surface area contributed by atoms with Crippen LogP contribution in [0.1, 0.15) is 35.8 Å². The highest BCUT2D eigenvalue weighted by atomic mass is 79.9. The fourth-order valence-electron chi connectivity index (χ4n) is 2.82. The SMILES string of the molecule is CCc1c(C(=O)NC(CN)C2CC2)cnn1-c1ccc(Br)cc1. The fourth-order valence-corrected chi connectivity index (χ4v) is 3.09. The van der Waals surface area contributed by atoms with Crippen molar-refractivity contribution in [2.45, 2.75) is 32.2 Å². The van der Waals surface area contributed by atoms with Crippen molar-refractivity contribution < 1.29 is 4.79 Å². The van der Waals surface area contributed by atoms with Gasteiger partial charge in [-0.1, -0.05) is 22.9 Å². The summed E-state index contributed by atoms with van der Waals surface area (Å²) >= 11 is 3.43. The van der Waals surface area contributed by atoms with Gasteiger partial charge < -0.3 is 11.1 Å². The zero-order valence-corrected chi connectivity index (χ0v) is 14.7. The van der Waals surface area contributed by atoms with E-state index in [1.807, 2.05) is 35.9 Å². The number of nitrogens with one attached hydrogen (secondary N) is 1. The molecule has 0 aliphatic heterocycles. The molecule has 5 nitrogen and oxygen atoms in total. The summed E-state index contributed by atoms with van der Waals surface area (Å²) in [6.45, 7) is 2.52. The highest BCUT2D eigenvalue weighted by molar-refractivity contribution is 9.10. The highest BCUT2D eigenvalue weighted by Crippen LogP contribution is 2.32. The van der Waals surface area contributed by atoms with Gasteiger partial charge >= 0.3 is 0 Å². The third-order valence-electron chi connectivity index (χ3n) is 4.28. The van der Waals surface area contributed by atoms with E-state index in [-0.39, 0.29) is 11.9 Å². The Bertz CT molecular complexity index is 691. The predicted octanol–water partition coefficient (Wildman–Crippen LogP) is 2.66. The van der Waals surface area contributed by atoms with E-state index in [1.165, 1.54) is 0 Å². The quantitative estimate of drug-likeness (QED) is 0.813. The van der Waals surface area contributed by atoms with E-state index < -0.39 is 0 Å². The third-order valence-corrected chi connectivity index (χ3v) is 4.81. The van der Waals surface area contributed by atoms with Crippen LogP contribution in [0.4, 0.5) is 0 Å². The standard InChI is InChI=1S/C17H21BrN4O/c1-2-16-14(17(23)21-15(9-19)11-3-4-11)10-20-22(16)13-7-5-12(18)6-8-13/h5-8,10-11,15H,2-4,9,19H2,1H3,(H,21,23). The lowest BCUT2D eigenvalue weighted by Gasteiger charge is -2.16. The molecule has 23 heavy (non-hydrogen) atoms. The van der Waals surface area contributed by atoms with Crippen LogP contribution in [0, 0.1) is 5.92 Å². The number of amides is 1. The Morgan fingerprint density at radius 3 is 2.70 bits per heavy atom. The fraction of sp³-hybridized carbons (Fsp3) is 0.412. The van der Waals surface area contributed by atoms with E-state index in [9.17, 15) is 4.79 Å². The zero-order chi connectivity index (χ0) is 16.4. The summed E-state index contributed by atoms with van der Waals surface area (Å²) in [4.78, 5) is 12.6. The molecule has 2 aromatic rings. The van der Waals surface area contributed by atoms with Gasteiger partial charge in [-0.15, -0.1) is 0 Å². The number of hydrogen-bond acceptors (Lipinski definition) is 3. The summed E-state index contributed by atoms with van der Waals surface area (Å²) in [7, 11) is 0. The van der Waals surface area contributed by atoms with Crippen LogP contribution in [0.15, 0.2) is 34.9 Å². The van der Waals surface area contributed by atoms with E-state index >= 15 is 0 Å². The number of rotatable bonds is 6. The summed E-state index contributed by atoms with van der Waals surface area (Å²) in [6, 6.07) is 7.96. The monoisotopic (exact) mass is 376 g/mol. The molecule has 1 unspecified atom stereocenters. The van der Waals surface area contributed by atoms with Gasteiger partial charge in [-0.05, 0) is 49.4 Å². The molecule has 1 heterocycles. The lowest BCUT2D eigenvalue weighted by Crippen LogP contribution is -2.41. The Morgan fingerprint density at radius 1 is 1.43 bits per heavy atom. The Kier molecular flexibility index (Phi) is 4.82. The normalized spacial score (nSPS) is 15.4. The van der Waals surface area contributed by atoms with Crippen molar-refractivity contribution in [3.63, 3.8) is 0 Å². The maximum Gasteiger partial charge on any atom is 0.255 e. The number of benzene rings is 1. The van der Waals surface area contributed by atoms with Crippen molar-refractivity contribution in [1.82, 2.24) is 15.1 Å². The van der Waals surface area contributed by atoms with E-state index in [2.05, 4.69) is 26.3 Å². The topological polar surface area (TPSA) is 72.9 Å². The molecule has 0 bridgehead atoms. The molecule has 3 rings (SSSR count). The molecular formula is C17H21BrN4O. The Balaban J connectivity index is 1.85. The van der Waals surface area contributed by atoms with E-state index in [1.54, 1.807) is 6.20 Å². The molecule has 0 saturated heterocycles. The minimum Gasteiger partial charge on any atom is -0.348 e. The van der Waals surface area contributed by atoms with E-state index in [0.717, 1.165) is 35.1 Å². The van der Waals surface area contributed by atoms with Crippen LogP contribution in [0.25, 0.3) is 5.69 Å². The number of aromatic nitrogens is 2.